The first-order chi connectivity index (χ1) is 7.53. The van der Waals surface area contributed by atoms with Gasteiger partial charge in [-0.15, -0.1) is 0 Å². The number of esters is 1. The summed E-state index contributed by atoms with van der Waals surface area (Å²) in [6, 6.07) is 7.88. The fraction of sp³-hybridized carbons (Fsp3) is 0.273. The van der Waals surface area contributed by atoms with Gasteiger partial charge in [-0.05, 0) is 12.5 Å². The van der Waals surface area contributed by atoms with Crippen LogP contribution in [0.15, 0.2) is 30.3 Å². The molecule has 0 aliphatic heterocycles. The molecule has 1 atom stereocenters. The van der Waals surface area contributed by atoms with Crippen molar-refractivity contribution in [3.05, 3.63) is 35.9 Å². The van der Waals surface area contributed by atoms with Crippen LogP contribution in [-0.2, 0) is 19.9 Å². The van der Waals surface area contributed by atoms with Crippen molar-refractivity contribution in [2.45, 2.75) is 12.5 Å². The number of ether oxygens (including phenoxy) is 1. The van der Waals surface area contributed by atoms with Crippen LogP contribution >= 0.6 is 0 Å². The first-order valence-corrected chi connectivity index (χ1v) is 4.78. The Morgan fingerprint density at radius 1 is 1.38 bits per heavy atom. The number of carboxylic acid groups (broad SMARTS) is 1. The molecule has 0 radical (unpaired) electrons. The Balaban J connectivity index is 3.17. The highest BCUT2D eigenvalue weighted by Crippen LogP contribution is 2.20. The number of carbonyl (C=O) groups is 2. The number of rotatable bonds is 4. The van der Waals surface area contributed by atoms with Gasteiger partial charge in [-0.25, -0.2) is 9.59 Å². The minimum Gasteiger partial charge on any atom is -0.479 e. The number of carboxylic acids is 1. The van der Waals surface area contributed by atoms with Crippen LogP contribution in [0.2, 0.25) is 0 Å². The molecule has 0 saturated heterocycles. The number of nitrogens with two attached hydrogens (primary N) is 1. The first kappa shape index (κ1) is 12.2. The molecule has 0 saturated carbocycles. The average molecular weight is 223 g/mol. The summed E-state index contributed by atoms with van der Waals surface area (Å²) in [5.41, 5.74) is 3.67. The largest absolute Gasteiger partial charge is 0.479 e. The number of hydrogen-bond donors (Lipinski definition) is 2. The zero-order chi connectivity index (χ0) is 12.2. The van der Waals surface area contributed by atoms with Crippen molar-refractivity contribution in [1.29, 1.82) is 0 Å². The molecule has 0 amide bonds. The Morgan fingerprint density at radius 2 is 1.94 bits per heavy atom. The van der Waals surface area contributed by atoms with Gasteiger partial charge in [0.05, 0.1) is 6.61 Å². The normalized spacial score (nSPS) is 13.9. The third kappa shape index (κ3) is 2.04. The topological polar surface area (TPSA) is 89.6 Å². The minimum atomic E-state index is -2.14. The molecule has 86 valence electrons. The van der Waals surface area contributed by atoms with E-state index in [4.69, 9.17) is 10.8 Å². The third-order valence-electron chi connectivity index (χ3n) is 2.16. The lowest BCUT2D eigenvalue weighted by molar-refractivity contribution is -0.161. The van der Waals surface area contributed by atoms with Crippen LogP contribution in [-0.4, -0.2) is 23.7 Å². The van der Waals surface area contributed by atoms with Crippen LogP contribution in [0.5, 0.6) is 0 Å². The Hall–Kier alpha value is -1.88. The highest BCUT2D eigenvalue weighted by Gasteiger charge is 2.45. The SMILES string of the molecule is CCOC(=O)[C@@](N)(C(=O)O)c1ccccc1. The van der Waals surface area contributed by atoms with Crippen LogP contribution in [0.25, 0.3) is 0 Å². The molecule has 0 aliphatic rings. The monoisotopic (exact) mass is 223 g/mol. The molecule has 0 aliphatic carbocycles. The molecule has 1 aromatic carbocycles. The van der Waals surface area contributed by atoms with E-state index in [1.165, 1.54) is 12.1 Å². The highest BCUT2D eigenvalue weighted by molar-refractivity contribution is 6.04. The quantitative estimate of drug-likeness (QED) is 0.572. The number of aliphatic carboxylic acids is 1. The zero-order valence-electron chi connectivity index (χ0n) is 8.84. The maximum atomic E-state index is 11.6. The fourth-order valence-corrected chi connectivity index (χ4v) is 1.27. The summed E-state index contributed by atoms with van der Waals surface area (Å²) >= 11 is 0. The minimum absolute atomic E-state index is 0.0812. The molecule has 16 heavy (non-hydrogen) atoms. The Labute approximate surface area is 92.8 Å². The van der Waals surface area contributed by atoms with Crippen LogP contribution in [0, 0.1) is 0 Å². The second-order valence-electron chi connectivity index (χ2n) is 3.20. The summed E-state index contributed by atoms with van der Waals surface area (Å²) < 4.78 is 4.68. The molecule has 1 rings (SSSR count). The molecule has 5 heteroatoms. The van der Waals surface area contributed by atoms with Gasteiger partial charge < -0.3 is 15.6 Å². The summed E-state index contributed by atoms with van der Waals surface area (Å²) in [5.74, 6) is -2.40. The smallest absolute Gasteiger partial charge is 0.342 e. The van der Waals surface area contributed by atoms with E-state index >= 15 is 0 Å². The maximum absolute atomic E-state index is 11.6. The standard InChI is InChI=1S/C11H13NO4/c1-2-16-10(15)11(12,9(13)14)8-6-4-3-5-7-8/h3-7H,2,12H2,1H3,(H,13,14)/t11-/m0/s1. The Bertz CT molecular complexity index is 390. The van der Waals surface area contributed by atoms with Crippen molar-refractivity contribution < 1.29 is 19.4 Å². The van der Waals surface area contributed by atoms with E-state index in [2.05, 4.69) is 4.74 Å². The summed E-state index contributed by atoms with van der Waals surface area (Å²) in [6.45, 7) is 1.67. The van der Waals surface area contributed by atoms with Gasteiger partial charge in [-0.3, -0.25) is 0 Å². The van der Waals surface area contributed by atoms with E-state index in [1.807, 2.05) is 0 Å². The summed E-state index contributed by atoms with van der Waals surface area (Å²) in [6.07, 6.45) is 0. The lowest BCUT2D eigenvalue weighted by Gasteiger charge is -2.22. The van der Waals surface area contributed by atoms with Gasteiger partial charge in [-0.2, -0.15) is 0 Å². The lowest BCUT2D eigenvalue weighted by Crippen LogP contribution is -2.52. The van der Waals surface area contributed by atoms with Crippen LogP contribution in [0.4, 0.5) is 0 Å². The maximum Gasteiger partial charge on any atom is 0.342 e. The van der Waals surface area contributed by atoms with Gasteiger partial charge in [0, 0.05) is 0 Å². The molecule has 0 aromatic heterocycles. The molecule has 1 aromatic rings. The van der Waals surface area contributed by atoms with Crippen molar-refractivity contribution in [1.82, 2.24) is 0 Å². The highest BCUT2D eigenvalue weighted by atomic mass is 16.5. The molecular formula is C11H13NO4. The summed E-state index contributed by atoms with van der Waals surface area (Å²) in [5, 5.41) is 9.06. The molecular weight excluding hydrogens is 210 g/mol. The number of benzene rings is 1. The van der Waals surface area contributed by atoms with Crippen molar-refractivity contribution in [3.63, 3.8) is 0 Å². The lowest BCUT2D eigenvalue weighted by atomic mass is 9.91. The Kier molecular flexibility index (Phi) is 3.63. The zero-order valence-corrected chi connectivity index (χ0v) is 8.84. The predicted molar refractivity (Wildman–Crippen MR) is 56.6 cm³/mol. The average Bonchev–Trinajstić information content (AvgIpc) is 2.29. The van der Waals surface area contributed by atoms with Gasteiger partial charge in [0.25, 0.3) is 0 Å². The van der Waals surface area contributed by atoms with Crippen LogP contribution in [0.1, 0.15) is 12.5 Å². The van der Waals surface area contributed by atoms with Crippen LogP contribution < -0.4 is 5.73 Å². The molecule has 3 N–H and O–H groups in total. The van der Waals surface area contributed by atoms with Gasteiger partial charge >= 0.3 is 11.9 Å². The van der Waals surface area contributed by atoms with Crippen molar-refractivity contribution in [2.75, 3.05) is 6.61 Å². The van der Waals surface area contributed by atoms with Gasteiger partial charge in [0.2, 0.25) is 5.54 Å². The second-order valence-corrected chi connectivity index (χ2v) is 3.20. The molecule has 0 fully saturated rings. The number of hydrogen-bond acceptors (Lipinski definition) is 4. The molecule has 0 spiro atoms. The molecule has 0 unspecified atom stereocenters. The van der Waals surface area contributed by atoms with E-state index in [1.54, 1.807) is 25.1 Å². The van der Waals surface area contributed by atoms with Gasteiger partial charge in [-0.1, -0.05) is 30.3 Å². The number of carbonyl (C=O) groups excluding carboxylic acids is 1. The van der Waals surface area contributed by atoms with E-state index in [9.17, 15) is 9.59 Å². The first-order valence-electron chi connectivity index (χ1n) is 4.78. The van der Waals surface area contributed by atoms with Crippen LogP contribution in [0.3, 0.4) is 0 Å². The predicted octanol–water partition coefficient (Wildman–Crippen LogP) is 0.488. The van der Waals surface area contributed by atoms with Crippen molar-refractivity contribution in [2.24, 2.45) is 5.73 Å². The summed E-state index contributed by atoms with van der Waals surface area (Å²) in [7, 11) is 0. The summed E-state index contributed by atoms with van der Waals surface area (Å²) in [4.78, 5) is 22.7. The fourth-order valence-electron chi connectivity index (χ4n) is 1.27. The molecule has 0 bridgehead atoms. The van der Waals surface area contributed by atoms with E-state index in [0.29, 0.717) is 0 Å². The van der Waals surface area contributed by atoms with E-state index in [0.717, 1.165) is 0 Å². The van der Waals surface area contributed by atoms with Gasteiger partial charge in [0.15, 0.2) is 0 Å². The van der Waals surface area contributed by atoms with E-state index < -0.39 is 17.5 Å². The second kappa shape index (κ2) is 4.76. The van der Waals surface area contributed by atoms with Crippen molar-refractivity contribution in [3.8, 4) is 0 Å². The van der Waals surface area contributed by atoms with Crippen molar-refractivity contribution >= 4 is 11.9 Å². The third-order valence-corrected chi connectivity index (χ3v) is 2.16. The van der Waals surface area contributed by atoms with E-state index in [-0.39, 0.29) is 12.2 Å². The van der Waals surface area contributed by atoms with Gasteiger partial charge in [0.1, 0.15) is 0 Å². The Morgan fingerprint density at radius 3 is 2.38 bits per heavy atom. The molecule has 0 heterocycles. The molecule has 5 nitrogen and oxygen atoms in total.